The molecular formula is C18H17N3O5. The van der Waals surface area contributed by atoms with Crippen molar-refractivity contribution in [1.82, 2.24) is 9.80 Å². The molecule has 134 valence electrons. The maximum absolute atomic E-state index is 12.3. The zero-order valence-corrected chi connectivity index (χ0v) is 14.3. The summed E-state index contributed by atoms with van der Waals surface area (Å²) >= 11 is 0. The number of hydrogen-bond acceptors (Lipinski definition) is 5. The first-order chi connectivity index (χ1) is 12.4. The summed E-state index contributed by atoms with van der Waals surface area (Å²) in [6, 6.07) is 7.83. The number of rotatable bonds is 5. The summed E-state index contributed by atoms with van der Waals surface area (Å²) in [6.07, 6.45) is 1.40. The first-order valence-electron chi connectivity index (χ1n) is 7.93. The molecule has 1 fully saturated rings. The minimum atomic E-state index is -1.03. The molecule has 1 saturated heterocycles. The van der Waals surface area contributed by atoms with Crippen LogP contribution in [0.25, 0.3) is 0 Å². The van der Waals surface area contributed by atoms with Crippen molar-refractivity contribution in [3.8, 4) is 0 Å². The Morgan fingerprint density at radius 2 is 1.81 bits per heavy atom. The first-order valence-corrected chi connectivity index (χ1v) is 7.93. The fraction of sp³-hybridized carbons (Fsp3) is 0.222. The number of anilines is 1. The van der Waals surface area contributed by atoms with Crippen LogP contribution in [0, 0.1) is 13.8 Å². The predicted octanol–water partition coefficient (Wildman–Crippen LogP) is 1.83. The quantitative estimate of drug-likeness (QED) is 0.651. The highest BCUT2D eigenvalue weighted by Crippen LogP contribution is 2.18. The van der Waals surface area contributed by atoms with E-state index < -0.39 is 30.3 Å². The summed E-state index contributed by atoms with van der Waals surface area (Å²) < 4.78 is 5.09. The zero-order valence-electron chi connectivity index (χ0n) is 14.3. The summed E-state index contributed by atoms with van der Waals surface area (Å²) in [5.41, 5.74) is 2.48. The summed E-state index contributed by atoms with van der Waals surface area (Å²) in [4.78, 5) is 50.0. The molecule has 0 unspecified atom stereocenters. The van der Waals surface area contributed by atoms with Crippen molar-refractivity contribution in [2.45, 2.75) is 20.4 Å². The molecule has 3 rings (SSSR count). The smallest absolute Gasteiger partial charge is 0.335 e. The topological polar surface area (TPSA) is 99.9 Å². The van der Waals surface area contributed by atoms with Crippen LogP contribution < -0.4 is 5.32 Å². The standard InChI is InChI=1S/C18H17N3O5/c1-11-5-6-14(12(2)8-11)19-15(22)10-21-17(24)16(23)20(18(21)25)9-13-4-3-7-26-13/h3-8H,9-10H2,1-2H3,(H,19,22). The summed E-state index contributed by atoms with van der Waals surface area (Å²) in [7, 11) is 0. The van der Waals surface area contributed by atoms with E-state index in [0.29, 0.717) is 16.3 Å². The number of aryl methyl sites for hydroxylation is 2. The van der Waals surface area contributed by atoms with Crippen molar-refractivity contribution in [3.63, 3.8) is 0 Å². The number of nitrogens with one attached hydrogen (secondary N) is 1. The molecule has 1 aromatic heterocycles. The monoisotopic (exact) mass is 355 g/mol. The minimum Gasteiger partial charge on any atom is -0.467 e. The Hall–Kier alpha value is -3.42. The molecule has 2 heterocycles. The lowest BCUT2D eigenvalue weighted by Crippen LogP contribution is -2.38. The van der Waals surface area contributed by atoms with E-state index in [1.807, 2.05) is 26.0 Å². The second-order valence-corrected chi connectivity index (χ2v) is 6.01. The van der Waals surface area contributed by atoms with E-state index in [9.17, 15) is 19.2 Å². The number of amides is 5. The minimum absolute atomic E-state index is 0.161. The van der Waals surface area contributed by atoms with E-state index >= 15 is 0 Å². The lowest BCUT2D eigenvalue weighted by atomic mass is 10.1. The average Bonchev–Trinajstić information content (AvgIpc) is 3.17. The molecule has 0 aliphatic carbocycles. The number of carbonyl (C=O) groups excluding carboxylic acids is 4. The van der Waals surface area contributed by atoms with Gasteiger partial charge in [0, 0.05) is 5.69 Å². The molecule has 0 radical (unpaired) electrons. The van der Waals surface area contributed by atoms with Crippen LogP contribution in [0.5, 0.6) is 0 Å². The average molecular weight is 355 g/mol. The number of furan rings is 1. The van der Waals surface area contributed by atoms with Gasteiger partial charge in [0.1, 0.15) is 12.3 Å². The Kier molecular flexibility index (Phi) is 4.57. The third-order valence-corrected chi connectivity index (χ3v) is 3.99. The van der Waals surface area contributed by atoms with Crippen LogP contribution in [0.4, 0.5) is 10.5 Å². The largest absolute Gasteiger partial charge is 0.467 e. The Morgan fingerprint density at radius 1 is 1.08 bits per heavy atom. The van der Waals surface area contributed by atoms with Gasteiger partial charge in [-0.15, -0.1) is 0 Å². The van der Waals surface area contributed by atoms with Crippen LogP contribution in [0.2, 0.25) is 0 Å². The van der Waals surface area contributed by atoms with Crippen molar-refractivity contribution >= 4 is 29.4 Å². The number of carbonyl (C=O) groups is 4. The van der Waals surface area contributed by atoms with Crippen LogP contribution >= 0.6 is 0 Å². The van der Waals surface area contributed by atoms with E-state index in [2.05, 4.69) is 5.32 Å². The van der Waals surface area contributed by atoms with Gasteiger partial charge < -0.3 is 9.73 Å². The van der Waals surface area contributed by atoms with Gasteiger partial charge in [-0.05, 0) is 37.6 Å². The maximum Gasteiger partial charge on any atom is 0.335 e. The lowest BCUT2D eigenvalue weighted by molar-refractivity contribution is -0.144. The van der Waals surface area contributed by atoms with Crippen molar-refractivity contribution in [1.29, 1.82) is 0 Å². The van der Waals surface area contributed by atoms with Crippen molar-refractivity contribution < 1.29 is 23.6 Å². The van der Waals surface area contributed by atoms with Gasteiger partial charge in [0.25, 0.3) is 0 Å². The SMILES string of the molecule is Cc1ccc(NC(=O)CN2C(=O)C(=O)N(Cc3ccco3)C2=O)c(C)c1. The Labute approximate surface area is 149 Å². The van der Waals surface area contributed by atoms with Crippen LogP contribution in [-0.2, 0) is 20.9 Å². The van der Waals surface area contributed by atoms with Crippen molar-refractivity contribution in [2.75, 3.05) is 11.9 Å². The second kappa shape index (κ2) is 6.83. The molecule has 5 amide bonds. The predicted molar refractivity (Wildman–Crippen MR) is 90.9 cm³/mol. The second-order valence-electron chi connectivity index (χ2n) is 6.01. The first kappa shape index (κ1) is 17.4. The molecule has 1 aliphatic heterocycles. The highest BCUT2D eigenvalue weighted by molar-refractivity contribution is 6.45. The molecule has 0 saturated carbocycles. The molecule has 1 aliphatic rings. The fourth-order valence-corrected chi connectivity index (χ4v) is 2.67. The summed E-state index contributed by atoms with van der Waals surface area (Å²) in [5, 5.41) is 2.65. The van der Waals surface area contributed by atoms with E-state index in [1.54, 1.807) is 18.2 Å². The van der Waals surface area contributed by atoms with E-state index in [0.717, 1.165) is 16.0 Å². The molecule has 8 nitrogen and oxygen atoms in total. The molecule has 8 heteroatoms. The van der Waals surface area contributed by atoms with E-state index in [4.69, 9.17) is 4.42 Å². The van der Waals surface area contributed by atoms with Gasteiger partial charge in [-0.1, -0.05) is 17.7 Å². The number of imide groups is 2. The molecule has 0 bridgehead atoms. The maximum atomic E-state index is 12.3. The van der Waals surface area contributed by atoms with E-state index in [1.165, 1.54) is 6.26 Å². The van der Waals surface area contributed by atoms with Crippen LogP contribution in [-0.4, -0.2) is 40.1 Å². The third kappa shape index (κ3) is 3.34. The number of hydrogen-bond donors (Lipinski definition) is 1. The molecule has 2 aromatic rings. The summed E-state index contributed by atoms with van der Waals surface area (Å²) in [5.74, 6) is -2.21. The Balaban J connectivity index is 1.68. The van der Waals surface area contributed by atoms with Gasteiger partial charge in [-0.2, -0.15) is 0 Å². The van der Waals surface area contributed by atoms with Crippen molar-refractivity contribution in [3.05, 3.63) is 53.5 Å². The van der Waals surface area contributed by atoms with Crippen molar-refractivity contribution in [2.24, 2.45) is 0 Å². The molecule has 0 spiro atoms. The molecule has 26 heavy (non-hydrogen) atoms. The van der Waals surface area contributed by atoms with Crippen LogP contribution in [0.1, 0.15) is 16.9 Å². The van der Waals surface area contributed by atoms with Gasteiger partial charge in [0.15, 0.2) is 0 Å². The van der Waals surface area contributed by atoms with Gasteiger partial charge in [-0.25, -0.2) is 14.6 Å². The number of urea groups is 1. The Morgan fingerprint density at radius 3 is 2.46 bits per heavy atom. The highest BCUT2D eigenvalue weighted by atomic mass is 16.3. The van der Waals surface area contributed by atoms with Gasteiger partial charge in [0.2, 0.25) is 5.91 Å². The number of benzene rings is 1. The third-order valence-electron chi connectivity index (χ3n) is 3.99. The molecular weight excluding hydrogens is 338 g/mol. The molecule has 1 aromatic carbocycles. The van der Waals surface area contributed by atoms with E-state index in [-0.39, 0.29) is 6.54 Å². The normalized spacial score (nSPS) is 14.3. The Bertz CT molecular complexity index is 888. The van der Waals surface area contributed by atoms with Gasteiger partial charge in [0.05, 0.1) is 12.8 Å². The number of nitrogens with zero attached hydrogens (tertiary/aromatic N) is 2. The molecule has 1 N–H and O–H groups in total. The summed E-state index contributed by atoms with van der Waals surface area (Å²) in [6.45, 7) is 3.07. The zero-order chi connectivity index (χ0) is 18.8. The van der Waals surface area contributed by atoms with Crippen LogP contribution in [0.3, 0.4) is 0 Å². The molecule has 0 atom stereocenters. The lowest BCUT2D eigenvalue weighted by Gasteiger charge is -2.15. The van der Waals surface area contributed by atoms with Gasteiger partial charge in [-0.3, -0.25) is 14.4 Å². The van der Waals surface area contributed by atoms with Crippen LogP contribution in [0.15, 0.2) is 41.0 Å². The van der Waals surface area contributed by atoms with Gasteiger partial charge >= 0.3 is 17.8 Å². The fourth-order valence-electron chi connectivity index (χ4n) is 2.67. The highest BCUT2D eigenvalue weighted by Gasteiger charge is 2.45.